The van der Waals surface area contributed by atoms with Crippen molar-refractivity contribution in [1.82, 2.24) is 14.8 Å². The van der Waals surface area contributed by atoms with Gasteiger partial charge in [0.25, 0.3) is 0 Å². The normalized spacial score (nSPS) is 22.9. The minimum atomic E-state index is -0.236. The summed E-state index contributed by atoms with van der Waals surface area (Å²) in [5.41, 5.74) is 3.24. The molecule has 2 aliphatic rings. The second-order valence-corrected chi connectivity index (χ2v) is 7.62. The molecule has 3 heterocycles. The maximum atomic E-state index is 12.6. The van der Waals surface area contributed by atoms with Crippen LogP contribution in [0, 0.1) is 18.3 Å². The molecule has 1 N–H and O–H groups in total. The predicted octanol–water partition coefficient (Wildman–Crippen LogP) is 2.54. The fourth-order valence-electron chi connectivity index (χ4n) is 4.17. The van der Waals surface area contributed by atoms with Crippen molar-refractivity contribution in [1.29, 1.82) is 5.26 Å². The Labute approximate surface area is 159 Å². The van der Waals surface area contributed by atoms with E-state index in [-0.39, 0.29) is 11.9 Å². The summed E-state index contributed by atoms with van der Waals surface area (Å²) in [6.07, 6.45) is 4.64. The number of carbonyl (C=O) groups is 1. The van der Waals surface area contributed by atoms with Crippen molar-refractivity contribution in [2.75, 3.05) is 31.5 Å². The van der Waals surface area contributed by atoms with Gasteiger partial charge in [-0.15, -0.1) is 0 Å². The van der Waals surface area contributed by atoms with Gasteiger partial charge in [-0.3, -0.25) is 14.7 Å². The lowest BCUT2D eigenvalue weighted by Gasteiger charge is -2.23. The van der Waals surface area contributed by atoms with Gasteiger partial charge in [-0.25, -0.2) is 0 Å². The number of aromatic nitrogens is 1. The van der Waals surface area contributed by atoms with Crippen LogP contribution in [-0.4, -0.2) is 59.0 Å². The molecule has 0 saturated carbocycles. The smallest absolute Gasteiger partial charge is 0.237 e. The number of amides is 1. The summed E-state index contributed by atoms with van der Waals surface area (Å²) in [4.78, 5) is 21.0. The fourth-order valence-corrected chi connectivity index (χ4v) is 4.17. The molecule has 6 heteroatoms. The highest BCUT2D eigenvalue weighted by molar-refractivity contribution is 5.91. The highest BCUT2D eigenvalue weighted by atomic mass is 16.2. The van der Waals surface area contributed by atoms with Gasteiger partial charge in [0.2, 0.25) is 5.91 Å². The first kappa shape index (κ1) is 17.7. The van der Waals surface area contributed by atoms with Crippen LogP contribution in [0.5, 0.6) is 0 Å². The summed E-state index contributed by atoms with van der Waals surface area (Å²) in [7, 11) is 0. The third-order valence-corrected chi connectivity index (χ3v) is 5.58. The van der Waals surface area contributed by atoms with Crippen molar-refractivity contribution >= 4 is 22.5 Å². The molecule has 0 radical (unpaired) electrons. The summed E-state index contributed by atoms with van der Waals surface area (Å²) in [5, 5.41) is 14.0. The first-order chi connectivity index (χ1) is 13.1. The molecule has 0 aliphatic carbocycles. The highest BCUT2D eigenvalue weighted by Crippen LogP contribution is 2.25. The summed E-state index contributed by atoms with van der Waals surface area (Å²) in [6, 6.07) is 10.6. The maximum Gasteiger partial charge on any atom is 0.237 e. The Morgan fingerprint density at radius 1 is 1.37 bits per heavy atom. The van der Waals surface area contributed by atoms with Crippen LogP contribution in [0.1, 0.15) is 24.8 Å². The van der Waals surface area contributed by atoms with E-state index >= 15 is 0 Å². The third-order valence-electron chi connectivity index (χ3n) is 5.58. The van der Waals surface area contributed by atoms with E-state index in [9.17, 15) is 10.1 Å². The number of fused-ring (bicyclic) bond motifs is 1. The molecule has 2 fully saturated rings. The van der Waals surface area contributed by atoms with Gasteiger partial charge in [0.1, 0.15) is 6.04 Å². The topological polar surface area (TPSA) is 72.3 Å². The van der Waals surface area contributed by atoms with E-state index in [1.54, 1.807) is 4.90 Å². The van der Waals surface area contributed by atoms with E-state index in [1.165, 1.54) is 0 Å². The molecule has 6 nitrogen and oxygen atoms in total. The molecule has 2 atom stereocenters. The first-order valence-electron chi connectivity index (χ1n) is 9.67. The highest BCUT2D eigenvalue weighted by Gasteiger charge is 2.31. The number of rotatable bonds is 4. The lowest BCUT2D eigenvalue weighted by Crippen LogP contribution is -2.42. The zero-order chi connectivity index (χ0) is 18.8. The summed E-state index contributed by atoms with van der Waals surface area (Å²) >= 11 is 0. The van der Waals surface area contributed by atoms with Crippen LogP contribution < -0.4 is 5.32 Å². The number of hydrogen-bond acceptors (Lipinski definition) is 5. The summed E-state index contributed by atoms with van der Waals surface area (Å²) in [6.45, 7) is 4.92. The lowest BCUT2D eigenvalue weighted by atomic mass is 10.1. The van der Waals surface area contributed by atoms with E-state index in [4.69, 9.17) is 0 Å². The van der Waals surface area contributed by atoms with Crippen molar-refractivity contribution in [3.05, 3.63) is 36.0 Å². The van der Waals surface area contributed by atoms with Crippen molar-refractivity contribution in [3.8, 4) is 6.07 Å². The van der Waals surface area contributed by atoms with Crippen molar-refractivity contribution in [3.63, 3.8) is 0 Å². The fraction of sp³-hybridized carbons (Fsp3) is 0.476. The number of nitrogens with zero attached hydrogens (tertiary/aromatic N) is 4. The molecule has 27 heavy (non-hydrogen) atoms. The third kappa shape index (κ3) is 3.74. The van der Waals surface area contributed by atoms with Gasteiger partial charge in [-0.05, 0) is 49.9 Å². The van der Waals surface area contributed by atoms with Crippen LogP contribution >= 0.6 is 0 Å². The number of nitriles is 1. The van der Waals surface area contributed by atoms with Gasteiger partial charge < -0.3 is 10.2 Å². The molecule has 2 saturated heterocycles. The molecule has 0 spiro atoms. The predicted molar refractivity (Wildman–Crippen MR) is 105 cm³/mol. The van der Waals surface area contributed by atoms with E-state index in [2.05, 4.69) is 40.3 Å². The molecule has 0 unspecified atom stereocenters. The van der Waals surface area contributed by atoms with E-state index < -0.39 is 0 Å². The number of hydrogen-bond donors (Lipinski definition) is 1. The number of benzene rings is 1. The van der Waals surface area contributed by atoms with E-state index in [1.807, 2.05) is 18.3 Å². The van der Waals surface area contributed by atoms with Gasteiger partial charge in [-0.2, -0.15) is 5.26 Å². The monoisotopic (exact) mass is 363 g/mol. The molecular weight excluding hydrogens is 338 g/mol. The van der Waals surface area contributed by atoms with E-state index in [0.717, 1.165) is 61.1 Å². The Kier molecular flexibility index (Phi) is 4.95. The number of likely N-dealkylation sites (tertiary alicyclic amines) is 2. The average Bonchev–Trinajstić information content (AvgIpc) is 3.31. The number of anilines is 1. The number of carbonyl (C=O) groups excluding carboxylic acids is 1. The molecule has 140 valence electrons. The Bertz CT molecular complexity index is 890. The van der Waals surface area contributed by atoms with Gasteiger partial charge in [0.05, 0.1) is 18.1 Å². The second-order valence-electron chi connectivity index (χ2n) is 7.62. The Morgan fingerprint density at radius 2 is 2.26 bits per heavy atom. The number of nitrogens with one attached hydrogen (secondary N) is 1. The molecule has 2 aliphatic heterocycles. The van der Waals surface area contributed by atoms with Crippen molar-refractivity contribution in [2.45, 2.75) is 38.3 Å². The zero-order valence-electron chi connectivity index (χ0n) is 15.7. The molecule has 1 aromatic heterocycles. The molecule has 1 amide bonds. The molecule has 2 aromatic rings. The maximum absolute atomic E-state index is 12.6. The minimum Gasteiger partial charge on any atom is -0.380 e. The van der Waals surface area contributed by atoms with Crippen LogP contribution in [0.4, 0.5) is 5.69 Å². The van der Waals surface area contributed by atoms with Gasteiger partial charge in [0.15, 0.2) is 0 Å². The van der Waals surface area contributed by atoms with Gasteiger partial charge in [-0.1, -0.05) is 6.07 Å². The quantitative estimate of drug-likeness (QED) is 0.904. The first-order valence-corrected chi connectivity index (χ1v) is 9.67. The lowest BCUT2D eigenvalue weighted by molar-refractivity contribution is -0.132. The Morgan fingerprint density at radius 3 is 3.11 bits per heavy atom. The standard InChI is InChI=1S/C21H25N5O/c1-15-10-18-19(23-12-15)5-2-6-20(18)24-16-7-9-25(13-16)14-21(27)26-8-3-4-17(26)11-22/h2,5-6,10,12,16-17,24H,3-4,7-9,13-14H2,1H3/t16-,17+/m1/s1. The summed E-state index contributed by atoms with van der Waals surface area (Å²) in [5.74, 6) is 0.0877. The van der Waals surface area contributed by atoms with Crippen LogP contribution in [0.15, 0.2) is 30.5 Å². The molecular formula is C21H25N5O. The van der Waals surface area contributed by atoms with Crippen molar-refractivity contribution < 1.29 is 4.79 Å². The average molecular weight is 363 g/mol. The zero-order valence-corrected chi connectivity index (χ0v) is 15.7. The SMILES string of the molecule is Cc1cnc2cccc(N[C@@H]3CCN(CC(=O)N4CCC[C@H]4C#N)C3)c2c1. The molecule has 1 aromatic carbocycles. The van der Waals surface area contributed by atoms with Crippen molar-refractivity contribution in [2.24, 2.45) is 0 Å². The van der Waals surface area contributed by atoms with Crippen LogP contribution in [0.25, 0.3) is 10.9 Å². The second kappa shape index (κ2) is 7.53. The van der Waals surface area contributed by atoms with Gasteiger partial charge in [0, 0.05) is 42.9 Å². The van der Waals surface area contributed by atoms with Gasteiger partial charge >= 0.3 is 0 Å². The number of aryl methyl sites for hydroxylation is 1. The molecule has 0 bridgehead atoms. The Hall–Kier alpha value is -2.65. The molecule has 4 rings (SSSR count). The Balaban J connectivity index is 1.38. The summed E-state index contributed by atoms with van der Waals surface area (Å²) < 4.78 is 0. The largest absolute Gasteiger partial charge is 0.380 e. The number of pyridine rings is 1. The van der Waals surface area contributed by atoms with Crippen LogP contribution in [0.2, 0.25) is 0 Å². The van der Waals surface area contributed by atoms with Crippen LogP contribution in [-0.2, 0) is 4.79 Å². The van der Waals surface area contributed by atoms with E-state index in [0.29, 0.717) is 12.6 Å². The minimum absolute atomic E-state index is 0.0877. The van der Waals surface area contributed by atoms with Crippen LogP contribution in [0.3, 0.4) is 0 Å².